The van der Waals surface area contributed by atoms with Gasteiger partial charge in [0.2, 0.25) is 0 Å². The summed E-state index contributed by atoms with van der Waals surface area (Å²) in [6, 6.07) is 5.59. The number of carbonyl (C=O) groups is 1. The highest BCUT2D eigenvalue weighted by Crippen LogP contribution is 2.28. The highest BCUT2D eigenvalue weighted by molar-refractivity contribution is 6.07. The van der Waals surface area contributed by atoms with Gasteiger partial charge in [0, 0.05) is 31.0 Å². The largest absolute Gasteiger partial charge is 0.397 e. The Morgan fingerprint density at radius 3 is 3.00 bits per heavy atom. The van der Waals surface area contributed by atoms with Gasteiger partial charge in [0.25, 0.3) is 5.91 Å². The molecule has 0 saturated carbocycles. The Hall–Kier alpha value is -2.67. The molecule has 7 heteroatoms. The number of nitrogens with two attached hydrogens (primary N) is 2. The van der Waals surface area contributed by atoms with Gasteiger partial charge < -0.3 is 21.7 Å². The van der Waals surface area contributed by atoms with Crippen LogP contribution in [0.4, 0.5) is 17.1 Å². The van der Waals surface area contributed by atoms with Crippen LogP contribution in [0.25, 0.3) is 0 Å². The maximum Gasteiger partial charge on any atom is 0.276 e. The van der Waals surface area contributed by atoms with Crippen LogP contribution in [0.3, 0.4) is 0 Å². The number of nitrogens with one attached hydrogen (secondary N) is 1. The fraction of sp³-hybridized carbons (Fsp3) is 0.389. The fourth-order valence-corrected chi connectivity index (χ4v) is 3.06. The summed E-state index contributed by atoms with van der Waals surface area (Å²) in [7, 11) is 0. The summed E-state index contributed by atoms with van der Waals surface area (Å²) in [4.78, 5) is 23.4. The van der Waals surface area contributed by atoms with Gasteiger partial charge in [0.05, 0.1) is 23.3 Å². The van der Waals surface area contributed by atoms with Crippen LogP contribution < -0.4 is 21.7 Å². The van der Waals surface area contributed by atoms with Crippen LogP contribution in [-0.4, -0.2) is 35.0 Å². The van der Waals surface area contributed by atoms with E-state index in [0.29, 0.717) is 11.4 Å². The highest BCUT2D eigenvalue weighted by atomic mass is 16.1. The van der Waals surface area contributed by atoms with Crippen molar-refractivity contribution in [3.05, 3.63) is 42.0 Å². The minimum absolute atomic E-state index is 0.143. The summed E-state index contributed by atoms with van der Waals surface area (Å²) in [6.45, 7) is 3.66. The number of aryl methyl sites for hydroxylation is 1. The maximum atomic E-state index is 12.7. The standard InChI is InChI=1S/C18H24N6O/c1-2-13-5-6-14(20)17(22-13)18(25)23-15-10-21-8-7-16(15)24-9-3-4-12(19)11-24/h5-8,10,12H,2-4,9,11,19-20H2,1H3,(H,23,25)/t12-/m0/s1. The molecule has 132 valence electrons. The molecule has 3 rings (SSSR count). The molecule has 1 atom stereocenters. The first kappa shape index (κ1) is 17.2. The number of amides is 1. The van der Waals surface area contributed by atoms with E-state index < -0.39 is 0 Å². The molecule has 1 aliphatic heterocycles. The number of nitrogen functional groups attached to an aromatic ring is 1. The average molecular weight is 340 g/mol. The van der Waals surface area contributed by atoms with Gasteiger partial charge in [0.1, 0.15) is 0 Å². The summed E-state index contributed by atoms with van der Waals surface area (Å²) < 4.78 is 0. The minimum atomic E-state index is -0.330. The second kappa shape index (κ2) is 7.48. The van der Waals surface area contributed by atoms with Gasteiger partial charge in [-0.25, -0.2) is 4.98 Å². The van der Waals surface area contributed by atoms with Crippen LogP contribution in [0, 0.1) is 0 Å². The van der Waals surface area contributed by atoms with Crippen molar-refractivity contribution in [3.8, 4) is 0 Å². The van der Waals surface area contributed by atoms with Crippen molar-refractivity contribution in [1.82, 2.24) is 9.97 Å². The number of hydrogen-bond donors (Lipinski definition) is 3. The van der Waals surface area contributed by atoms with Crippen LogP contribution in [0.1, 0.15) is 35.9 Å². The smallest absolute Gasteiger partial charge is 0.276 e. The predicted octanol–water partition coefficient (Wildman–Crippen LogP) is 1.80. The second-order valence-corrected chi connectivity index (χ2v) is 6.29. The number of carbonyl (C=O) groups excluding carboxylic acids is 1. The summed E-state index contributed by atoms with van der Waals surface area (Å²) >= 11 is 0. The molecule has 0 aromatic carbocycles. The monoisotopic (exact) mass is 340 g/mol. The lowest BCUT2D eigenvalue weighted by Crippen LogP contribution is -2.43. The van der Waals surface area contributed by atoms with E-state index in [4.69, 9.17) is 11.5 Å². The molecule has 1 saturated heterocycles. The SMILES string of the molecule is CCc1ccc(N)c(C(=O)Nc2cnccc2N2CCC[C@H](N)C2)n1. The molecule has 2 aromatic rings. The zero-order chi connectivity index (χ0) is 17.8. The quantitative estimate of drug-likeness (QED) is 0.783. The van der Waals surface area contributed by atoms with E-state index in [1.807, 2.05) is 19.1 Å². The first-order chi connectivity index (χ1) is 12.1. The number of pyridine rings is 2. The Kier molecular flexibility index (Phi) is 5.14. The number of rotatable bonds is 4. The second-order valence-electron chi connectivity index (χ2n) is 6.29. The number of nitrogens with zero attached hydrogens (tertiary/aromatic N) is 3. The summed E-state index contributed by atoms with van der Waals surface area (Å²) in [5, 5.41) is 2.90. The van der Waals surface area contributed by atoms with E-state index in [2.05, 4.69) is 20.2 Å². The molecule has 1 aliphatic rings. The molecular weight excluding hydrogens is 316 g/mol. The van der Waals surface area contributed by atoms with Crippen molar-refractivity contribution in [3.63, 3.8) is 0 Å². The van der Waals surface area contributed by atoms with Crippen LogP contribution in [0.2, 0.25) is 0 Å². The van der Waals surface area contributed by atoms with E-state index in [9.17, 15) is 4.79 Å². The van der Waals surface area contributed by atoms with E-state index in [1.165, 1.54) is 0 Å². The number of piperidine rings is 1. The summed E-state index contributed by atoms with van der Waals surface area (Å²) in [5.41, 5.74) is 15.0. The third kappa shape index (κ3) is 3.88. The zero-order valence-corrected chi connectivity index (χ0v) is 14.4. The zero-order valence-electron chi connectivity index (χ0n) is 14.4. The third-order valence-corrected chi connectivity index (χ3v) is 4.41. The molecule has 2 aromatic heterocycles. The lowest BCUT2D eigenvalue weighted by atomic mass is 10.1. The topological polar surface area (TPSA) is 110 Å². The normalized spacial score (nSPS) is 17.4. The molecule has 0 spiro atoms. The van der Waals surface area contributed by atoms with Gasteiger partial charge in [-0.3, -0.25) is 9.78 Å². The molecule has 25 heavy (non-hydrogen) atoms. The minimum Gasteiger partial charge on any atom is -0.397 e. The average Bonchev–Trinajstić information content (AvgIpc) is 2.62. The highest BCUT2D eigenvalue weighted by Gasteiger charge is 2.21. The van der Waals surface area contributed by atoms with Crippen LogP contribution in [0.15, 0.2) is 30.6 Å². The first-order valence-electron chi connectivity index (χ1n) is 8.59. The molecular formula is C18H24N6O. The Labute approximate surface area is 147 Å². The molecule has 5 N–H and O–H groups in total. The van der Waals surface area contributed by atoms with Crippen molar-refractivity contribution < 1.29 is 4.79 Å². The Morgan fingerprint density at radius 1 is 1.40 bits per heavy atom. The van der Waals surface area contributed by atoms with Gasteiger partial charge in [-0.15, -0.1) is 0 Å². The molecule has 0 unspecified atom stereocenters. The summed E-state index contributed by atoms with van der Waals surface area (Å²) in [6.07, 6.45) is 6.16. The molecule has 0 radical (unpaired) electrons. The Morgan fingerprint density at radius 2 is 2.24 bits per heavy atom. The lowest BCUT2D eigenvalue weighted by molar-refractivity contribution is 0.102. The van der Waals surface area contributed by atoms with Crippen LogP contribution in [0.5, 0.6) is 0 Å². The van der Waals surface area contributed by atoms with Crippen molar-refractivity contribution >= 4 is 23.0 Å². The Bertz CT molecular complexity index is 763. The van der Waals surface area contributed by atoms with Crippen molar-refractivity contribution in [1.29, 1.82) is 0 Å². The van der Waals surface area contributed by atoms with Crippen LogP contribution in [-0.2, 0) is 6.42 Å². The van der Waals surface area contributed by atoms with Crippen molar-refractivity contribution in [2.45, 2.75) is 32.2 Å². The molecule has 1 amide bonds. The van der Waals surface area contributed by atoms with Gasteiger partial charge in [0.15, 0.2) is 5.69 Å². The van der Waals surface area contributed by atoms with Crippen molar-refractivity contribution in [2.75, 3.05) is 29.0 Å². The predicted molar refractivity (Wildman–Crippen MR) is 99.6 cm³/mol. The van der Waals surface area contributed by atoms with Gasteiger partial charge in [-0.05, 0) is 37.5 Å². The first-order valence-corrected chi connectivity index (χ1v) is 8.59. The van der Waals surface area contributed by atoms with Gasteiger partial charge in [-0.2, -0.15) is 0 Å². The lowest BCUT2D eigenvalue weighted by Gasteiger charge is -2.33. The number of hydrogen-bond acceptors (Lipinski definition) is 6. The van der Waals surface area contributed by atoms with Gasteiger partial charge in [-0.1, -0.05) is 6.92 Å². The molecule has 7 nitrogen and oxygen atoms in total. The van der Waals surface area contributed by atoms with E-state index in [0.717, 1.165) is 43.7 Å². The molecule has 1 fully saturated rings. The molecule has 0 bridgehead atoms. The Balaban J connectivity index is 1.85. The van der Waals surface area contributed by atoms with E-state index >= 15 is 0 Å². The molecule has 3 heterocycles. The molecule has 0 aliphatic carbocycles. The van der Waals surface area contributed by atoms with E-state index in [1.54, 1.807) is 18.5 Å². The maximum absolute atomic E-state index is 12.7. The fourth-order valence-electron chi connectivity index (χ4n) is 3.06. The summed E-state index contributed by atoms with van der Waals surface area (Å²) in [5.74, 6) is -0.330. The number of aromatic nitrogens is 2. The van der Waals surface area contributed by atoms with E-state index in [-0.39, 0.29) is 17.6 Å². The van der Waals surface area contributed by atoms with Crippen LogP contribution >= 0.6 is 0 Å². The van der Waals surface area contributed by atoms with Gasteiger partial charge >= 0.3 is 0 Å². The number of anilines is 3. The third-order valence-electron chi connectivity index (χ3n) is 4.41. The van der Waals surface area contributed by atoms with Crippen molar-refractivity contribution in [2.24, 2.45) is 5.73 Å².